The minimum Gasteiger partial charge on any atom is -0.493 e. The van der Waals surface area contributed by atoms with Crippen LogP contribution in [0.3, 0.4) is 0 Å². The van der Waals surface area contributed by atoms with E-state index < -0.39 is 0 Å². The van der Waals surface area contributed by atoms with Crippen LogP contribution in [-0.2, 0) is 11.2 Å². The Labute approximate surface area is 147 Å². The van der Waals surface area contributed by atoms with Crippen molar-refractivity contribution in [3.05, 3.63) is 53.2 Å². The van der Waals surface area contributed by atoms with E-state index in [2.05, 4.69) is 10.3 Å². The molecule has 0 bridgehead atoms. The van der Waals surface area contributed by atoms with Crippen molar-refractivity contribution in [1.82, 2.24) is 4.98 Å². The molecule has 0 spiro atoms. The fourth-order valence-corrected chi connectivity index (χ4v) is 2.80. The number of aryl methyl sites for hydroxylation is 1. The summed E-state index contributed by atoms with van der Waals surface area (Å²) in [6, 6.07) is 7.63. The Kier molecular flexibility index (Phi) is 5.03. The van der Waals surface area contributed by atoms with Gasteiger partial charge in [-0.15, -0.1) is 0 Å². The highest BCUT2D eigenvalue weighted by Gasteiger charge is 2.21. The van der Waals surface area contributed by atoms with Crippen LogP contribution < -0.4 is 14.8 Å². The van der Waals surface area contributed by atoms with E-state index in [-0.39, 0.29) is 12.0 Å². The first-order valence-corrected chi connectivity index (χ1v) is 8.43. The summed E-state index contributed by atoms with van der Waals surface area (Å²) in [4.78, 5) is 16.3. The second kappa shape index (κ2) is 7.38. The van der Waals surface area contributed by atoms with Crippen LogP contribution in [0.15, 0.2) is 36.5 Å². The van der Waals surface area contributed by atoms with Crippen molar-refractivity contribution < 1.29 is 14.3 Å². The number of carbonyl (C=O) groups excluding carboxylic acids is 1. The summed E-state index contributed by atoms with van der Waals surface area (Å²) in [5.74, 6) is 1.91. The van der Waals surface area contributed by atoms with E-state index >= 15 is 0 Å². The summed E-state index contributed by atoms with van der Waals surface area (Å²) < 4.78 is 11.5. The number of ether oxygens (including phenoxy) is 2. The van der Waals surface area contributed by atoms with Crippen LogP contribution in [0.5, 0.6) is 11.5 Å². The second-order valence-corrected chi connectivity index (χ2v) is 6.10. The molecule has 0 radical (unpaired) electrons. The smallest absolute Gasteiger partial charge is 0.249 e. The number of carbonyl (C=O) groups is 1. The molecule has 130 valence electrons. The number of hydrogen-bond donors (Lipinski definition) is 1. The zero-order valence-electron chi connectivity index (χ0n) is 14.7. The van der Waals surface area contributed by atoms with Crippen molar-refractivity contribution in [2.45, 2.75) is 33.3 Å². The average Bonchev–Trinajstić information content (AvgIpc) is 2.92. The molecular formula is C20H22N2O3. The molecule has 0 saturated heterocycles. The van der Waals surface area contributed by atoms with Crippen LogP contribution in [0, 0.1) is 6.92 Å². The molecular weight excluding hydrogens is 316 g/mol. The molecule has 0 aliphatic carbocycles. The molecule has 2 aromatic rings. The highest BCUT2D eigenvalue weighted by Crippen LogP contribution is 2.35. The van der Waals surface area contributed by atoms with Crippen LogP contribution in [0.4, 0.5) is 5.82 Å². The van der Waals surface area contributed by atoms with Crippen LogP contribution in [-0.4, -0.2) is 23.6 Å². The molecule has 3 rings (SSSR count). The average molecular weight is 338 g/mol. The van der Waals surface area contributed by atoms with E-state index in [4.69, 9.17) is 9.47 Å². The van der Waals surface area contributed by atoms with Crippen LogP contribution in [0.2, 0.25) is 0 Å². The molecule has 1 aromatic heterocycles. The first-order valence-electron chi connectivity index (χ1n) is 8.43. The Bertz CT molecular complexity index is 815. The third-order valence-electron chi connectivity index (χ3n) is 3.91. The first kappa shape index (κ1) is 17.0. The zero-order chi connectivity index (χ0) is 17.8. The molecule has 2 heterocycles. The van der Waals surface area contributed by atoms with Gasteiger partial charge in [0.25, 0.3) is 0 Å². The van der Waals surface area contributed by atoms with Gasteiger partial charge < -0.3 is 14.8 Å². The Hall–Kier alpha value is -2.82. The van der Waals surface area contributed by atoms with Crippen LogP contribution in [0.1, 0.15) is 30.5 Å². The Morgan fingerprint density at radius 2 is 2.28 bits per heavy atom. The quantitative estimate of drug-likeness (QED) is 0.843. The predicted molar refractivity (Wildman–Crippen MR) is 98.0 cm³/mol. The Morgan fingerprint density at radius 1 is 1.44 bits per heavy atom. The standard InChI is InChI=1S/C20H22N2O3/c1-4-24-17-12-16-10-14(3)25-18(16)11-15(17)5-6-20(23)22-19-9-13(2)7-8-21-19/h5-9,11-12,14H,4,10H2,1-3H3,(H,21,22,23)/b6-5+. The molecule has 0 saturated carbocycles. The van der Waals surface area contributed by atoms with Gasteiger partial charge in [-0.2, -0.15) is 0 Å². The highest BCUT2D eigenvalue weighted by atomic mass is 16.5. The van der Waals surface area contributed by atoms with Gasteiger partial charge in [0.2, 0.25) is 5.91 Å². The summed E-state index contributed by atoms with van der Waals surface area (Å²) in [5.41, 5.74) is 3.00. The van der Waals surface area contributed by atoms with E-state index in [1.807, 2.05) is 45.0 Å². The van der Waals surface area contributed by atoms with Gasteiger partial charge in [0, 0.05) is 29.8 Å². The summed E-state index contributed by atoms with van der Waals surface area (Å²) in [6.07, 6.45) is 5.93. The first-order chi connectivity index (χ1) is 12.0. The summed E-state index contributed by atoms with van der Waals surface area (Å²) in [5, 5.41) is 2.75. The van der Waals surface area contributed by atoms with Crippen molar-refractivity contribution >= 4 is 17.8 Å². The lowest BCUT2D eigenvalue weighted by Gasteiger charge is -2.10. The van der Waals surface area contributed by atoms with E-state index in [0.29, 0.717) is 12.4 Å². The number of benzene rings is 1. The highest BCUT2D eigenvalue weighted by molar-refractivity contribution is 6.01. The van der Waals surface area contributed by atoms with Gasteiger partial charge in [0.1, 0.15) is 23.4 Å². The largest absolute Gasteiger partial charge is 0.493 e. The molecule has 0 fully saturated rings. The molecule has 25 heavy (non-hydrogen) atoms. The van der Waals surface area contributed by atoms with Gasteiger partial charge in [-0.1, -0.05) is 0 Å². The molecule has 1 aromatic carbocycles. The fraction of sp³-hybridized carbons (Fsp3) is 0.300. The summed E-state index contributed by atoms with van der Waals surface area (Å²) in [7, 11) is 0. The minimum atomic E-state index is -0.240. The maximum Gasteiger partial charge on any atom is 0.249 e. The van der Waals surface area contributed by atoms with Crippen molar-refractivity contribution in [1.29, 1.82) is 0 Å². The number of aromatic nitrogens is 1. The fourth-order valence-electron chi connectivity index (χ4n) is 2.80. The maximum atomic E-state index is 12.1. The molecule has 1 atom stereocenters. The van der Waals surface area contributed by atoms with Crippen molar-refractivity contribution in [3.63, 3.8) is 0 Å². The molecule has 1 aliphatic rings. The monoisotopic (exact) mass is 338 g/mol. The van der Waals surface area contributed by atoms with Gasteiger partial charge in [0.05, 0.1) is 6.61 Å². The maximum absolute atomic E-state index is 12.1. The third-order valence-corrected chi connectivity index (χ3v) is 3.91. The number of nitrogens with zero attached hydrogens (tertiary/aromatic N) is 1. The number of pyridine rings is 1. The second-order valence-electron chi connectivity index (χ2n) is 6.10. The van der Waals surface area contributed by atoms with Crippen molar-refractivity contribution in [3.8, 4) is 11.5 Å². The Balaban J connectivity index is 1.78. The number of anilines is 1. The van der Waals surface area contributed by atoms with Crippen LogP contribution >= 0.6 is 0 Å². The molecule has 5 heteroatoms. The molecule has 1 unspecified atom stereocenters. The van der Waals surface area contributed by atoms with Gasteiger partial charge in [0.15, 0.2) is 0 Å². The number of fused-ring (bicyclic) bond motifs is 1. The lowest BCUT2D eigenvalue weighted by Crippen LogP contribution is -2.09. The molecule has 1 amide bonds. The topological polar surface area (TPSA) is 60.5 Å². The van der Waals surface area contributed by atoms with Gasteiger partial charge in [-0.25, -0.2) is 4.98 Å². The lowest BCUT2D eigenvalue weighted by molar-refractivity contribution is -0.111. The lowest BCUT2D eigenvalue weighted by atomic mass is 10.1. The molecule has 1 aliphatic heterocycles. The number of rotatable bonds is 5. The van der Waals surface area contributed by atoms with Crippen LogP contribution in [0.25, 0.3) is 6.08 Å². The van der Waals surface area contributed by atoms with E-state index in [9.17, 15) is 4.79 Å². The minimum absolute atomic E-state index is 0.166. The number of hydrogen-bond acceptors (Lipinski definition) is 4. The van der Waals surface area contributed by atoms with Gasteiger partial charge in [-0.3, -0.25) is 4.79 Å². The summed E-state index contributed by atoms with van der Waals surface area (Å²) in [6.45, 7) is 6.50. The van der Waals surface area contributed by atoms with Crippen molar-refractivity contribution in [2.75, 3.05) is 11.9 Å². The van der Waals surface area contributed by atoms with E-state index in [1.165, 1.54) is 6.08 Å². The van der Waals surface area contributed by atoms with E-state index in [0.717, 1.165) is 34.6 Å². The molecule has 5 nitrogen and oxygen atoms in total. The zero-order valence-corrected chi connectivity index (χ0v) is 14.7. The van der Waals surface area contributed by atoms with E-state index in [1.54, 1.807) is 12.3 Å². The Morgan fingerprint density at radius 3 is 3.04 bits per heavy atom. The third kappa shape index (κ3) is 4.18. The van der Waals surface area contributed by atoms with Gasteiger partial charge in [-0.05, 0) is 56.7 Å². The SMILES string of the molecule is CCOc1cc2c(cc1/C=C/C(=O)Nc1cc(C)ccn1)OC(C)C2. The van der Waals surface area contributed by atoms with Crippen molar-refractivity contribution in [2.24, 2.45) is 0 Å². The predicted octanol–water partition coefficient (Wildman–Crippen LogP) is 3.76. The normalized spacial score (nSPS) is 15.7. The van der Waals surface area contributed by atoms with Gasteiger partial charge >= 0.3 is 0 Å². The summed E-state index contributed by atoms with van der Waals surface area (Å²) >= 11 is 0. The number of nitrogens with one attached hydrogen (secondary N) is 1. The number of amides is 1. The molecule has 1 N–H and O–H groups in total.